The zero-order chi connectivity index (χ0) is 12.3. The fourth-order valence-electron chi connectivity index (χ4n) is 1.73. The SMILES string of the molecule is COCCNCC(O)CCCc1ccccc1. The normalized spacial score (nSPS) is 12.6. The zero-order valence-corrected chi connectivity index (χ0v) is 10.6. The summed E-state index contributed by atoms with van der Waals surface area (Å²) in [6, 6.07) is 10.4. The van der Waals surface area contributed by atoms with Gasteiger partial charge in [-0.05, 0) is 24.8 Å². The van der Waals surface area contributed by atoms with E-state index in [-0.39, 0.29) is 6.10 Å². The molecule has 0 aliphatic heterocycles. The van der Waals surface area contributed by atoms with E-state index in [9.17, 15) is 5.11 Å². The van der Waals surface area contributed by atoms with Crippen molar-refractivity contribution in [2.24, 2.45) is 0 Å². The first kappa shape index (κ1) is 14.2. The molecular formula is C14H23NO2. The van der Waals surface area contributed by atoms with Crippen LogP contribution in [0.5, 0.6) is 0 Å². The van der Waals surface area contributed by atoms with Crippen molar-refractivity contribution in [3.63, 3.8) is 0 Å². The summed E-state index contributed by atoms with van der Waals surface area (Å²) in [4.78, 5) is 0. The summed E-state index contributed by atoms with van der Waals surface area (Å²) in [6.07, 6.45) is 2.65. The number of hydrogen-bond donors (Lipinski definition) is 2. The molecule has 0 aliphatic carbocycles. The number of rotatable bonds is 9. The molecule has 0 fully saturated rings. The quantitative estimate of drug-likeness (QED) is 0.641. The molecule has 3 nitrogen and oxygen atoms in total. The number of benzene rings is 1. The largest absolute Gasteiger partial charge is 0.392 e. The lowest BCUT2D eigenvalue weighted by atomic mass is 10.1. The topological polar surface area (TPSA) is 41.5 Å². The van der Waals surface area contributed by atoms with Gasteiger partial charge in [-0.25, -0.2) is 0 Å². The number of methoxy groups -OCH3 is 1. The van der Waals surface area contributed by atoms with Gasteiger partial charge in [0.05, 0.1) is 12.7 Å². The zero-order valence-electron chi connectivity index (χ0n) is 10.6. The molecule has 96 valence electrons. The molecule has 17 heavy (non-hydrogen) atoms. The maximum Gasteiger partial charge on any atom is 0.0664 e. The number of hydrogen-bond acceptors (Lipinski definition) is 3. The smallest absolute Gasteiger partial charge is 0.0664 e. The van der Waals surface area contributed by atoms with Crippen molar-refractivity contribution in [2.45, 2.75) is 25.4 Å². The van der Waals surface area contributed by atoms with E-state index in [1.54, 1.807) is 7.11 Å². The lowest BCUT2D eigenvalue weighted by molar-refractivity contribution is 0.150. The summed E-state index contributed by atoms with van der Waals surface area (Å²) in [5.74, 6) is 0. The number of aliphatic hydroxyl groups excluding tert-OH is 1. The first-order chi connectivity index (χ1) is 8.33. The Bertz CT molecular complexity index is 277. The molecule has 0 bridgehead atoms. The summed E-state index contributed by atoms with van der Waals surface area (Å²) >= 11 is 0. The van der Waals surface area contributed by atoms with Gasteiger partial charge < -0.3 is 15.2 Å². The third-order valence-electron chi connectivity index (χ3n) is 2.71. The monoisotopic (exact) mass is 237 g/mol. The number of nitrogens with one attached hydrogen (secondary N) is 1. The lowest BCUT2D eigenvalue weighted by Crippen LogP contribution is -2.29. The van der Waals surface area contributed by atoms with Crippen molar-refractivity contribution in [3.05, 3.63) is 35.9 Å². The van der Waals surface area contributed by atoms with Gasteiger partial charge in [0.25, 0.3) is 0 Å². The van der Waals surface area contributed by atoms with E-state index in [4.69, 9.17) is 4.74 Å². The van der Waals surface area contributed by atoms with Gasteiger partial charge in [0.2, 0.25) is 0 Å². The highest BCUT2D eigenvalue weighted by atomic mass is 16.5. The Hall–Kier alpha value is -0.900. The van der Waals surface area contributed by atoms with E-state index in [2.05, 4.69) is 29.6 Å². The first-order valence-corrected chi connectivity index (χ1v) is 6.24. The average Bonchev–Trinajstić information content (AvgIpc) is 2.36. The second kappa shape index (κ2) is 9.16. The molecule has 0 aliphatic rings. The van der Waals surface area contributed by atoms with Crippen LogP contribution in [0.2, 0.25) is 0 Å². The molecule has 1 rings (SSSR count). The van der Waals surface area contributed by atoms with Gasteiger partial charge in [-0.1, -0.05) is 30.3 Å². The predicted molar refractivity (Wildman–Crippen MR) is 70.1 cm³/mol. The Balaban J connectivity index is 2.02. The first-order valence-electron chi connectivity index (χ1n) is 6.24. The summed E-state index contributed by atoms with van der Waals surface area (Å²) in [5.41, 5.74) is 1.34. The van der Waals surface area contributed by atoms with Crippen LogP contribution in [0.15, 0.2) is 30.3 Å². The van der Waals surface area contributed by atoms with Gasteiger partial charge in [-0.15, -0.1) is 0 Å². The Morgan fingerprint density at radius 1 is 1.29 bits per heavy atom. The Morgan fingerprint density at radius 3 is 2.76 bits per heavy atom. The van der Waals surface area contributed by atoms with Crippen LogP contribution in [0.1, 0.15) is 18.4 Å². The molecule has 1 atom stereocenters. The third-order valence-corrected chi connectivity index (χ3v) is 2.71. The molecule has 0 saturated heterocycles. The second-order valence-corrected chi connectivity index (χ2v) is 4.23. The molecule has 0 spiro atoms. The highest BCUT2D eigenvalue weighted by Gasteiger charge is 2.03. The van der Waals surface area contributed by atoms with Gasteiger partial charge in [0, 0.05) is 20.2 Å². The highest BCUT2D eigenvalue weighted by molar-refractivity contribution is 5.14. The fraction of sp³-hybridized carbons (Fsp3) is 0.571. The molecule has 1 unspecified atom stereocenters. The summed E-state index contributed by atoms with van der Waals surface area (Å²) in [6.45, 7) is 2.14. The average molecular weight is 237 g/mol. The minimum atomic E-state index is -0.254. The van der Waals surface area contributed by atoms with Crippen LogP contribution in [0, 0.1) is 0 Å². The van der Waals surface area contributed by atoms with Crippen LogP contribution in [0.25, 0.3) is 0 Å². The third kappa shape index (κ3) is 7.10. The van der Waals surface area contributed by atoms with E-state index in [1.165, 1.54) is 5.56 Å². The van der Waals surface area contributed by atoms with Crippen molar-refractivity contribution in [2.75, 3.05) is 26.8 Å². The second-order valence-electron chi connectivity index (χ2n) is 4.23. The Morgan fingerprint density at radius 2 is 2.06 bits per heavy atom. The van der Waals surface area contributed by atoms with Gasteiger partial charge in [0.15, 0.2) is 0 Å². The maximum absolute atomic E-state index is 9.72. The van der Waals surface area contributed by atoms with E-state index < -0.39 is 0 Å². The lowest BCUT2D eigenvalue weighted by Gasteiger charge is -2.11. The van der Waals surface area contributed by atoms with Crippen LogP contribution in [-0.4, -0.2) is 38.0 Å². The van der Waals surface area contributed by atoms with E-state index >= 15 is 0 Å². The number of ether oxygens (including phenoxy) is 1. The van der Waals surface area contributed by atoms with E-state index in [0.717, 1.165) is 25.8 Å². The minimum absolute atomic E-state index is 0.254. The molecular weight excluding hydrogens is 214 g/mol. The van der Waals surface area contributed by atoms with E-state index in [1.807, 2.05) is 6.07 Å². The standard InChI is InChI=1S/C14H23NO2/c1-17-11-10-15-12-14(16)9-5-8-13-6-3-2-4-7-13/h2-4,6-7,14-16H,5,8-12H2,1H3. The van der Waals surface area contributed by atoms with E-state index in [0.29, 0.717) is 13.2 Å². The van der Waals surface area contributed by atoms with Gasteiger partial charge in [0.1, 0.15) is 0 Å². The molecule has 0 aromatic heterocycles. The fourth-order valence-corrected chi connectivity index (χ4v) is 1.73. The summed E-state index contributed by atoms with van der Waals surface area (Å²) in [5, 5.41) is 12.9. The predicted octanol–water partition coefficient (Wildman–Crippen LogP) is 1.61. The van der Waals surface area contributed by atoms with Crippen molar-refractivity contribution < 1.29 is 9.84 Å². The molecule has 3 heteroatoms. The van der Waals surface area contributed by atoms with Gasteiger partial charge in [-0.2, -0.15) is 0 Å². The summed E-state index contributed by atoms with van der Waals surface area (Å²) in [7, 11) is 1.68. The molecule has 0 amide bonds. The van der Waals surface area contributed by atoms with Crippen LogP contribution < -0.4 is 5.32 Å². The van der Waals surface area contributed by atoms with Crippen LogP contribution >= 0.6 is 0 Å². The van der Waals surface area contributed by atoms with Gasteiger partial charge >= 0.3 is 0 Å². The van der Waals surface area contributed by atoms with Crippen molar-refractivity contribution in [1.82, 2.24) is 5.32 Å². The Kier molecular flexibility index (Phi) is 7.63. The molecule has 2 N–H and O–H groups in total. The molecule has 0 radical (unpaired) electrons. The molecule has 0 heterocycles. The van der Waals surface area contributed by atoms with Crippen molar-refractivity contribution in [1.29, 1.82) is 0 Å². The number of aliphatic hydroxyl groups is 1. The highest BCUT2D eigenvalue weighted by Crippen LogP contribution is 2.06. The van der Waals surface area contributed by atoms with Crippen LogP contribution in [0.4, 0.5) is 0 Å². The van der Waals surface area contributed by atoms with Crippen molar-refractivity contribution in [3.8, 4) is 0 Å². The molecule has 0 saturated carbocycles. The van der Waals surface area contributed by atoms with Crippen molar-refractivity contribution >= 4 is 0 Å². The summed E-state index contributed by atoms with van der Waals surface area (Å²) < 4.78 is 4.92. The van der Waals surface area contributed by atoms with Gasteiger partial charge in [-0.3, -0.25) is 0 Å². The molecule has 1 aromatic carbocycles. The van der Waals surface area contributed by atoms with Crippen LogP contribution in [0.3, 0.4) is 0 Å². The minimum Gasteiger partial charge on any atom is -0.392 e. The molecule has 1 aromatic rings. The Labute approximate surface area is 104 Å². The number of aryl methyl sites for hydroxylation is 1. The van der Waals surface area contributed by atoms with Crippen LogP contribution in [-0.2, 0) is 11.2 Å². The maximum atomic E-state index is 9.72.